The molecular weight excluding hydrogens is 392 g/mol. The second kappa shape index (κ2) is 11.4. The van der Waals surface area contributed by atoms with E-state index in [9.17, 15) is 9.59 Å². The Labute approximate surface area is 184 Å². The molecule has 0 radical (unpaired) electrons. The number of rotatable bonds is 9. The Morgan fingerprint density at radius 2 is 1.68 bits per heavy atom. The first-order chi connectivity index (χ1) is 15.1. The molecular formula is C25H32N2O4. The molecule has 3 rings (SSSR count). The largest absolute Gasteiger partial charge is 0.494 e. The first-order valence-corrected chi connectivity index (χ1v) is 11.1. The van der Waals surface area contributed by atoms with Gasteiger partial charge in [0.15, 0.2) is 0 Å². The molecule has 0 heterocycles. The lowest BCUT2D eigenvalue weighted by Crippen LogP contribution is -2.50. The van der Waals surface area contributed by atoms with Gasteiger partial charge in [-0.2, -0.15) is 0 Å². The molecule has 1 N–H and O–H groups in total. The highest BCUT2D eigenvalue weighted by Crippen LogP contribution is 2.25. The fourth-order valence-electron chi connectivity index (χ4n) is 3.75. The lowest BCUT2D eigenvalue weighted by Gasteiger charge is -2.33. The summed E-state index contributed by atoms with van der Waals surface area (Å²) in [6.45, 7) is 2.78. The second-order valence-electron chi connectivity index (χ2n) is 7.96. The Hall–Kier alpha value is -3.02. The number of hydrogen-bond acceptors (Lipinski definition) is 4. The number of amides is 2. The van der Waals surface area contributed by atoms with Crippen LogP contribution in [0, 0.1) is 0 Å². The van der Waals surface area contributed by atoms with Crippen LogP contribution in [-0.4, -0.2) is 49.1 Å². The zero-order chi connectivity index (χ0) is 22.1. The second-order valence-corrected chi connectivity index (χ2v) is 7.96. The van der Waals surface area contributed by atoms with Crippen molar-refractivity contribution in [3.63, 3.8) is 0 Å². The Balaban J connectivity index is 1.54. The van der Waals surface area contributed by atoms with Crippen LogP contribution in [-0.2, 0) is 4.79 Å². The average molecular weight is 425 g/mol. The highest BCUT2D eigenvalue weighted by Gasteiger charge is 2.29. The van der Waals surface area contributed by atoms with Gasteiger partial charge in [-0.25, -0.2) is 0 Å². The molecule has 2 aromatic carbocycles. The van der Waals surface area contributed by atoms with Gasteiger partial charge in [-0.05, 0) is 62.1 Å². The molecule has 0 unspecified atom stereocenters. The fraction of sp³-hybridized carbons (Fsp3) is 0.440. The summed E-state index contributed by atoms with van der Waals surface area (Å²) in [4.78, 5) is 26.5. The number of ether oxygens (including phenoxy) is 2. The molecule has 0 saturated heterocycles. The number of likely N-dealkylation sites (N-methyl/N-ethyl adjacent to an activating group) is 1. The molecule has 2 atom stereocenters. The van der Waals surface area contributed by atoms with Crippen molar-refractivity contribution >= 4 is 11.8 Å². The van der Waals surface area contributed by atoms with Crippen molar-refractivity contribution < 1.29 is 19.1 Å². The average Bonchev–Trinajstić information content (AvgIpc) is 2.80. The molecule has 6 heteroatoms. The smallest absolute Gasteiger partial charge is 0.254 e. The van der Waals surface area contributed by atoms with Crippen molar-refractivity contribution in [1.82, 2.24) is 10.2 Å². The van der Waals surface area contributed by atoms with Gasteiger partial charge >= 0.3 is 0 Å². The van der Waals surface area contributed by atoms with Gasteiger partial charge in [0.1, 0.15) is 17.6 Å². The van der Waals surface area contributed by atoms with Gasteiger partial charge in [0, 0.05) is 12.6 Å². The summed E-state index contributed by atoms with van der Waals surface area (Å²) in [5.41, 5.74) is 0.572. The normalized spacial score (nSPS) is 18.1. The number of benzene rings is 2. The quantitative estimate of drug-likeness (QED) is 0.659. The molecule has 166 valence electrons. The van der Waals surface area contributed by atoms with Crippen LogP contribution in [0.3, 0.4) is 0 Å². The highest BCUT2D eigenvalue weighted by molar-refractivity contribution is 5.96. The van der Waals surface area contributed by atoms with Gasteiger partial charge < -0.3 is 19.7 Å². The number of hydrogen-bond donors (Lipinski definition) is 1. The van der Waals surface area contributed by atoms with Crippen molar-refractivity contribution in [2.75, 3.05) is 20.2 Å². The summed E-state index contributed by atoms with van der Waals surface area (Å²) in [6.07, 6.45) is 4.75. The van der Waals surface area contributed by atoms with E-state index >= 15 is 0 Å². The van der Waals surface area contributed by atoms with Crippen molar-refractivity contribution in [2.45, 2.75) is 51.2 Å². The first-order valence-electron chi connectivity index (χ1n) is 11.1. The topological polar surface area (TPSA) is 67.9 Å². The monoisotopic (exact) mass is 424 g/mol. The maximum atomic E-state index is 12.6. The van der Waals surface area contributed by atoms with Crippen LogP contribution in [0.4, 0.5) is 0 Å². The van der Waals surface area contributed by atoms with E-state index in [4.69, 9.17) is 9.47 Å². The maximum absolute atomic E-state index is 12.6. The van der Waals surface area contributed by atoms with Crippen molar-refractivity contribution in [3.05, 3.63) is 60.2 Å². The molecule has 2 aromatic rings. The maximum Gasteiger partial charge on any atom is 0.254 e. The fourth-order valence-corrected chi connectivity index (χ4v) is 3.75. The molecule has 1 fully saturated rings. The Bertz CT molecular complexity index is 838. The highest BCUT2D eigenvalue weighted by atomic mass is 16.5. The summed E-state index contributed by atoms with van der Waals surface area (Å²) < 4.78 is 11.8. The van der Waals surface area contributed by atoms with Gasteiger partial charge in [0.05, 0.1) is 19.2 Å². The number of carbonyl (C=O) groups excluding carboxylic acids is 2. The van der Waals surface area contributed by atoms with E-state index in [1.807, 2.05) is 42.5 Å². The zero-order valence-electron chi connectivity index (χ0n) is 18.4. The number of nitrogens with one attached hydrogen (secondary N) is 1. The van der Waals surface area contributed by atoms with E-state index in [2.05, 4.69) is 12.2 Å². The van der Waals surface area contributed by atoms with Crippen molar-refractivity contribution in [1.29, 1.82) is 0 Å². The third-order valence-corrected chi connectivity index (χ3v) is 5.38. The van der Waals surface area contributed by atoms with Crippen LogP contribution in [0.25, 0.3) is 0 Å². The van der Waals surface area contributed by atoms with Gasteiger partial charge in [0.25, 0.3) is 5.91 Å². The zero-order valence-corrected chi connectivity index (χ0v) is 18.4. The third kappa shape index (κ3) is 6.74. The number of nitrogens with zero attached hydrogens (tertiary/aromatic N) is 1. The SMILES string of the molecule is CCCOc1ccc(O[C@H]2CCCC[C@@H]2NC(=O)CN(C)C(=O)c2ccccc2)cc1. The molecule has 0 aromatic heterocycles. The van der Waals surface area contributed by atoms with Crippen LogP contribution in [0.5, 0.6) is 11.5 Å². The van der Waals surface area contributed by atoms with Gasteiger partial charge in [-0.1, -0.05) is 31.5 Å². The molecule has 0 bridgehead atoms. The summed E-state index contributed by atoms with van der Waals surface area (Å²) in [6, 6.07) is 16.5. The predicted octanol–water partition coefficient (Wildman–Crippen LogP) is 4.05. The summed E-state index contributed by atoms with van der Waals surface area (Å²) in [5, 5.41) is 3.08. The molecule has 0 aliphatic heterocycles. The van der Waals surface area contributed by atoms with E-state index in [1.54, 1.807) is 19.2 Å². The lowest BCUT2D eigenvalue weighted by atomic mass is 9.92. The van der Waals surface area contributed by atoms with E-state index in [0.717, 1.165) is 43.6 Å². The molecule has 1 saturated carbocycles. The van der Waals surface area contributed by atoms with Crippen LogP contribution in [0.2, 0.25) is 0 Å². The first kappa shape index (κ1) is 22.7. The van der Waals surface area contributed by atoms with Crippen molar-refractivity contribution in [2.24, 2.45) is 0 Å². The standard InChI is InChI=1S/C25H32N2O4/c1-3-17-30-20-13-15-21(16-14-20)31-23-12-8-7-11-22(23)26-24(28)18-27(2)25(29)19-9-5-4-6-10-19/h4-6,9-10,13-16,22-23H,3,7-8,11-12,17-18H2,1-2H3,(H,26,28)/t22-,23-/m0/s1. The molecule has 6 nitrogen and oxygen atoms in total. The van der Waals surface area contributed by atoms with Gasteiger partial charge in [0.2, 0.25) is 5.91 Å². The van der Waals surface area contributed by atoms with E-state index in [-0.39, 0.29) is 30.5 Å². The Morgan fingerprint density at radius 3 is 2.39 bits per heavy atom. The molecule has 31 heavy (non-hydrogen) atoms. The third-order valence-electron chi connectivity index (χ3n) is 5.38. The molecule has 0 spiro atoms. The van der Waals surface area contributed by atoms with E-state index in [0.29, 0.717) is 12.2 Å². The number of carbonyl (C=O) groups is 2. The van der Waals surface area contributed by atoms with Crippen LogP contribution in [0.1, 0.15) is 49.4 Å². The van der Waals surface area contributed by atoms with Gasteiger partial charge in [-0.15, -0.1) is 0 Å². The van der Waals surface area contributed by atoms with Crippen LogP contribution < -0.4 is 14.8 Å². The van der Waals surface area contributed by atoms with E-state index in [1.165, 1.54) is 4.90 Å². The van der Waals surface area contributed by atoms with Crippen molar-refractivity contribution in [3.8, 4) is 11.5 Å². The minimum atomic E-state index is -0.171. The van der Waals surface area contributed by atoms with E-state index < -0.39 is 0 Å². The van der Waals surface area contributed by atoms with Crippen LogP contribution in [0.15, 0.2) is 54.6 Å². The summed E-state index contributed by atoms with van der Waals surface area (Å²) >= 11 is 0. The minimum absolute atomic E-state index is 0.0143. The van der Waals surface area contributed by atoms with Gasteiger partial charge in [-0.3, -0.25) is 9.59 Å². The molecule has 2 amide bonds. The summed E-state index contributed by atoms with van der Waals surface area (Å²) in [7, 11) is 1.64. The Kier molecular flexibility index (Phi) is 8.33. The van der Waals surface area contributed by atoms with Crippen LogP contribution >= 0.6 is 0 Å². The lowest BCUT2D eigenvalue weighted by molar-refractivity contribution is -0.123. The molecule has 1 aliphatic carbocycles. The minimum Gasteiger partial charge on any atom is -0.494 e. The molecule has 1 aliphatic rings. The Morgan fingerprint density at radius 1 is 1.00 bits per heavy atom. The summed E-state index contributed by atoms with van der Waals surface area (Å²) in [5.74, 6) is 1.26. The predicted molar refractivity (Wildman–Crippen MR) is 120 cm³/mol.